The number of nitrogens with one attached hydrogen (secondary N) is 1. The Hall–Kier alpha value is -2.43. The number of amides is 1. The molecular formula is C57H101NO3. The van der Waals surface area contributed by atoms with E-state index in [1.54, 1.807) is 0 Å². The number of carbonyl (C=O) groups excluding carboxylic acids is 1. The number of carbonyl (C=O) groups is 1. The molecule has 0 fully saturated rings. The zero-order chi connectivity index (χ0) is 44.2. The van der Waals surface area contributed by atoms with Crippen LogP contribution in [0.1, 0.15) is 251 Å². The van der Waals surface area contributed by atoms with E-state index in [2.05, 4.69) is 104 Å². The van der Waals surface area contributed by atoms with Crippen LogP contribution >= 0.6 is 0 Å². The van der Waals surface area contributed by atoms with E-state index in [0.717, 1.165) is 70.6 Å². The van der Waals surface area contributed by atoms with Crippen LogP contribution in [0.4, 0.5) is 0 Å². The van der Waals surface area contributed by atoms with Crippen LogP contribution in [-0.4, -0.2) is 34.9 Å². The van der Waals surface area contributed by atoms with Gasteiger partial charge in [-0.2, -0.15) is 0 Å². The lowest BCUT2D eigenvalue weighted by molar-refractivity contribution is -0.123. The molecule has 0 saturated carbocycles. The van der Waals surface area contributed by atoms with E-state index < -0.39 is 12.1 Å². The largest absolute Gasteiger partial charge is 0.394 e. The number of hydrogen-bond donors (Lipinski definition) is 3. The van der Waals surface area contributed by atoms with Crippen LogP contribution in [0.3, 0.4) is 0 Å². The molecule has 0 rings (SSSR count). The van der Waals surface area contributed by atoms with Crippen molar-refractivity contribution in [2.45, 2.75) is 264 Å². The van der Waals surface area contributed by atoms with Gasteiger partial charge in [0.1, 0.15) is 0 Å². The number of aliphatic hydroxyl groups excluding tert-OH is 2. The quantitative estimate of drug-likeness (QED) is 0.0422. The van der Waals surface area contributed by atoms with Crippen LogP contribution in [0.15, 0.2) is 85.1 Å². The standard InChI is InChI=1S/C57H101NO3/c1-3-5-7-9-11-13-15-17-19-20-21-22-23-24-25-26-27-28-29-30-31-32-33-34-35-36-37-38-39-41-43-45-47-49-51-53-57(61)58-55(54-59)56(60)52-50-48-46-44-42-40-18-16-14-12-10-8-6-4-2/h5,7,11,13,17,19,21-22,24-25,27-28,30-31,55-56,59-60H,3-4,6,8-10,12,14-16,18,20,23,26,29,32-54H2,1-2H3,(H,58,61)/b7-5-,13-11-,19-17-,22-21-,25-24-,28-27-,31-30-. The lowest BCUT2D eigenvalue weighted by Gasteiger charge is -2.22. The summed E-state index contributed by atoms with van der Waals surface area (Å²) in [5.41, 5.74) is 0. The maximum absolute atomic E-state index is 12.5. The predicted octanol–water partition coefficient (Wildman–Crippen LogP) is 17.2. The first kappa shape index (κ1) is 58.6. The molecule has 0 aromatic carbocycles. The average Bonchev–Trinajstić information content (AvgIpc) is 3.26. The molecule has 0 saturated heterocycles. The second-order valence-corrected chi connectivity index (χ2v) is 17.6. The summed E-state index contributed by atoms with van der Waals surface area (Å²) in [5.74, 6) is -0.0348. The smallest absolute Gasteiger partial charge is 0.220 e. The van der Waals surface area contributed by atoms with Crippen molar-refractivity contribution in [2.75, 3.05) is 6.61 Å². The fourth-order valence-electron chi connectivity index (χ4n) is 7.69. The van der Waals surface area contributed by atoms with Gasteiger partial charge in [-0.15, -0.1) is 0 Å². The van der Waals surface area contributed by atoms with E-state index >= 15 is 0 Å². The van der Waals surface area contributed by atoms with Crippen molar-refractivity contribution in [1.29, 1.82) is 0 Å². The van der Waals surface area contributed by atoms with E-state index in [4.69, 9.17) is 0 Å². The molecule has 4 heteroatoms. The van der Waals surface area contributed by atoms with Gasteiger partial charge >= 0.3 is 0 Å². The van der Waals surface area contributed by atoms with Crippen molar-refractivity contribution in [2.24, 2.45) is 0 Å². The van der Waals surface area contributed by atoms with Gasteiger partial charge in [-0.05, 0) is 70.6 Å². The van der Waals surface area contributed by atoms with Crippen LogP contribution in [-0.2, 0) is 4.79 Å². The molecule has 3 N–H and O–H groups in total. The molecule has 4 nitrogen and oxygen atoms in total. The lowest BCUT2D eigenvalue weighted by atomic mass is 10.0. The van der Waals surface area contributed by atoms with Gasteiger partial charge in [0.05, 0.1) is 18.8 Å². The number of allylic oxidation sites excluding steroid dienone is 14. The van der Waals surface area contributed by atoms with Crippen LogP contribution in [0.25, 0.3) is 0 Å². The summed E-state index contributed by atoms with van der Waals surface area (Å²) in [5, 5.41) is 23.2. The van der Waals surface area contributed by atoms with Gasteiger partial charge in [0, 0.05) is 6.42 Å². The Morgan fingerprint density at radius 1 is 0.410 bits per heavy atom. The Labute approximate surface area is 380 Å². The minimum Gasteiger partial charge on any atom is -0.394 e. The number of unbranched alkanes of at least 4 members (excludes halogenated alkanes) is 26. The fourth-order valence-corrected chi connectivity index (χ4v) is 7.69. The Morgan fingerprint density at radius 3 is 1.08 bits per heavy atom. The first-order valence-electron chi connectivity index (χ1n) is 26.3. The van der Waals surface area contributed by atoms with Crippen molar-refractivity contribution in [3.63, 3.8) is 0 Å². The van der Waals surface area contributed by atoms with Gasteiger partial charge in [-0.25, -0.2) is 0 Å². The summed E-state index contributed by atoms with van der Waals surface area (Å²) in [7, 11) is 0. The van der Waals surface area contributed by atoms with E-state index in [0.29, 0.717) is 12.8 Å². The molecular weight excluding hydrogens is 747 g/mol. The van der Waals surface area contributed by atoms with Gasteiger partial charge in [0.2, 0.25) is 5.91 Å². The average molecular weight is 848 g/mol. The summed E-state index contributed by atoms with van der Waals surface area (Å²) in [6, 6.07) is -0.540. The van der Waals surface area contributed by atoms with Crippen LogP contribution < -0.4 is 5.32 Å². The molecule has 0 radical (unpaired) electrons. The van der Waals surface area contributed by atoms with Gasteiger partial charge in [0.25, 0.3) is 0 Å². The highest BCUT2D eigenvalue weighted by molar-refractivity contribution is 5.76. The second-order valence-electron chi connectivity index (χ2n) is 17.6. The molecule has 0 aliphatic carbocycles. The van der Waals surface area contributed by atoms with E-state index in [1.165, 1.54) is 154 Å². The molecule has 0 aliphatic heterocycles. The predicted molar refractivity (Wildman–Crippen MR) is 271 cm³/mol. The SMILES string of the molecule is CC/C=C\C/C=C\C/C=C\C/C=C\C/C=C\C/C=C\C/C=C\CCCCCCCCCCCCCCCC(=O)NC(CO)C(O)CCCCCCCCCCCCCCCC. The number of rotatable bonds is 47. The number of hydrogen-bond acceptors (Lipinski definition) is 3. The molecule has 0 aromatic rings. The monoisotopic (exact) mass is 848 g/mol. The summed E-state index contributed by atoms with van der Waals surface area (Å²) in [6.45, 7) is 4.24. The van der Waals surface area contributed by atoms with Gasteiger partial charge < -0.3 is 15.5 Å². The van der Waals surface area contributed by atoms with Crippen LogP contribution in [0, 0.1) is 0 Å². The molecule has 1 amide bonds. The fraction of sp³-hybridized carbons (Fsp3) is 0.737. The van der Waals surface area contributed by atoms with Gasteiger partial charge in [-0.1, -0.05) is 259 Å². The Bertz CT molecular complexity index is 1100. The Balaban J connectivity index is 3.51. The van der Waals surface area contributed by atoms with Gasteiger partial charge in [0.15, 0.2) is 0 Å². The van der Waals surface area contributed by atoms with E-state index in [9.17, 15) is 15.0 Å². The Kier molecular flexibility index (Phi) is 49.8. The van der Waals surface area contributed by atoms with Crippen LogP contribution in [0.2, 0.25) is 0 Å². The summed E-state index contributed by atoms with van der Waals surface area (Å²) >= 11 is 0. The zero-order valence-corrected chi connectivity index (χ0v) is 40.4. The molecule has 0 heterocycles. The minimum absolute atomic E-state index is 0.0348. The number of aliphatic hydroxyl groups is 2. The second kappa shape index (κ2) is 51.9. The van der Waals surface area contributed by atoms with Crippen molar-refractivity contribution < 1.29 is 15.0 Å². The van der Waals surface area contributed by atoms with Crippen molar-refractivity contribution in [1.82, 2.24) is 5.32 Å². The van der Waals surface area contributed by atoms with Crippen molar-refractivity contribution in [3.8, 4) is 0 Å². The first-order valence-corrected chi connectivity index (χ1v) is 26.3. The summed E-state index contributed by atoms with van der Waals surface area (Å²) in [4.78, 5) is 12.5. The van der Waals surface area contributed by atoms with Crippen molar-refractivity contribution >= 4 is 5.91 Å². The molecule has 0 aliphatic rings. The summed E-state index contributed by atoms with van der Waals surface area (Å²) < 4.78 is 0. The summed E-state index contributed by atoms with van der Waals surface area (Å²) in [6.07, 6.45) is 75.5. The normalized spacial score (nSPS) is 13.6. The molecule has 2 unspecified atom stereocenters. The molecule has 0 bridgehead atoms. The highest BCUT2D eigenvalue weighted by Crippen LogP contribution is 2.16. The van der Waals surface area contributed by atoms with Gasteiger partial charge in [-0.3, -0.25) is 4.79 Å². The molecule has 61 heavy (non-hydrogen) atoms. The third kappa shape index (κ3) is 48.5. The third-order valence-corrected chi connectivity index (χ3v) is 11.7. The molecule has 0 aromatic heterocycles. The van der Waals surface area contributed by atoms with E-state index in [1.807, 2.05) is 0 Å². The zero-order valence-electron chi connectivity index (χ0n) is 40.4. The lowest BCUT2D eigenvalue weighted by Crippen LogP contribution is -2.45. The first-order chi connectivity index (χ1) is 30.2. The molecule has 2 atom stereocenters. The topological polar surface area (TPSA) is 69.6 Å². The maximum atomic E-state index is 12.5. The third-order valence-electron chi connectivity index (χ3n) is 11.7. The molecule has 0 spiro atoms. The highest BCUT2D eigenvalue weighted by atomic mass is 16.3. The highest BCUT2D eigenvalue weighted by Gasteiger charge is 2.20. The minimum atomic E-state index is -0.663. The Morgan fingerprint density at radius 2 is 0.721 bits per heavy atom. The van der Waals surface area contributed by atoms with Crippen molar-refractivity contribution in [3.05, 3.63) is 85.1 Å². The van der Waals surface area contributed by atoms with E-state index in [-0.39, 0.29) is 12.5 Å². The molecule has 352 valence electrons. The van der Waals surface area contributed by atoms with Crippen LogP contribution in [0.5, 0.6) is 0 Å². The maximum Gasteiger partial charge on any atom is 0.220 e.